The van der Waals surface area contributed by atoms with Crippen LogP contribution >= 0.6 is 39.0 Å². The number of esters is 1. The zero-order valence-electron chi connectivity index (χ0n) is 22.8. The van der Waals surface area contributed by atoms with Gasteiger partial charge < -0.3 is 20.1 Å². The highest BCUT2D eigenvalue weighted by molar-refractivity contribution is 9.09. The molecule has 0 radical (unpaired) electrons. The van der Waals surface area contributed by atoms with Crippen molar-refractivity contribution in [2.45, 2.75) is 17.5 Å². The number of halogens is 1. The molecule has 0 bridgehead atoms. The van der Waals surface area contributed by atoms with Crippen molar-refractivity contribution in [3.63, 3.8) is 0 Å². The summed E-state index contributed by atoms with van der Waals surface area (Å²) in [7, 11) is 3.64. The summed E-state index contributed by atoms with van der Waals surface area (Å²) in [6.07, 6.45) is -0.770. The molecule has 43 heavy (non-hydrogen) atoms. The summed E-state index contributed by atoms with van der Waals surface area (Å²) in [5, 5.41) is 23.6. The number of hydrogen-bond acceptors (Lipinski definition) is 12. The third-order valence-electron chi connectivity index (χ3n) is 6.64. The quantitative estimate of drug-likeness (QED) is 0.0800. The van der Waals surface area contributed by atoms with Crippen LogP contribution in [0.3, 0.4) is 0 Å². The molecule has 12 nitrogen and oxygen atoms in total. The zero-order chi connectivity index (χ0) is 30.7. The Morgan fingerprint density at radius 3 is 2.30 bits per heavy atom. The molecule has 3 heterocycles. The number of aliphatic hydroxyl groups excluding tert-OH is 1. The van der Waals surface area contributed by atoms with E-state index in [0.717, 1.165) is 11.1 Å². The lowest BCUT2D eigenvalue weighted by molar-refractivity contribution is -0.154. The Labute approximate surface area is 262 Å². The van der Waals surface area contributed by atoms with Crippen LogP contribution in [0.25, 0.3) is 5.57 Å². The number of aliphatic hydroxyl groups is 1. The number of nitrogens with zero attached hydrogens (tertiary/aromatic N) is 5. The van der Waals surface area contributed by atoms with Gasteiger partial charge >= 0.3 is 5.97 Å². The number of β-lactam (4-membered cyclic amide) rings is 1. The third kappa shape index (κ3) is 6.05. The Morgan fingerprint density at radius 1 is 1.14 bits per heavy atom. The van der Waals surface area contributed by atoms with Crippen LogP contribution in [0, 0.1) is 4.91 Å². The molecule has 0 saturated carbocycles. The van der Waals surface area contributed by atoms with Gasteiger partial charge in [-0.1, -0.05) is 87.9 Å². The number of thioether (sulfide) groups is 1. The first-order valence-electron chi connectivity index (χ1n) is 12.9. The monoisotopic (exact) mass is 684 g/mol. The van der Waals surface area contributed by atoms with Crippen molar-refractivity contribution in [1.29, 1.82) is 0 Å². The standard InChI is InChI=1S/C28H25BrN6O6S2/c1-34(2)28-32-31-24(43-28)17-14-42-26-20(30-23(37)19(33-40)18(36)13-29)25(38)35(26)21(17)27(39)41-22(15-9-5-3-6-10-15)16-11-7-4-8-12-16/h3-12,20,22,26,36H,13-14H2,1-2H3,(H,30,37)/t20?,26-/m0/s1. The summed E-state index contributed by atoms with van der Waals surface area (Å²) in [4.78, 5) is 54.6. The van der Waals surface area contributed by atoms with Gasteiger partial charge in [0, 0.05) is 25.4 Å². The van der Waals surface area contributed by atoms with Crippen molar-refractivity contribution in [3.8, 4) is 0 Å². The molecule has 5 rings (SSSR count). The van der Waals surface area contributed by atoms with Crippen LogP contribution in [0.5, 0.6) is 0 Å². The number of benzene rings is 2. The molecule has 2 aliphatic heterocycles. The molecule has 3 aromatic rings. The van der Waals surface area contributed by atoms with Crippen molar-refractivity contribution in [2.24, 2.45) is 5.18 Å². The minimum atomic E-state index is -1.08. The van der Waals surface area contributed by atoms with Gasteiger partial charge in [-0.15, -0.1) is 26.9 Å². The van der Waals surface area contributed by atoms with E-state index >= 15 is 0 Å². The number of allylic oxidation sites excluding steroid dienone is 1. The number of alkyl halides is 1. The van der Waals surface area contributed by atoms with Gasteiger partial charge in [-0.25, -0.2) is 4.79 Å². The topological polar surface area (TPSA) is 154 Å². The van der Waals surface area contributed by atoms with E-state index in [1.54, 1.807) is 4.90 Å². The lowest BCUT2D eigenvalue weighted by Crippen LogP contribution is -2.70. The fourth-order valence-electron chi connectivity index (χ4n) is 4.54. The van der Waals surface area contributed by atoms with E-state index in [1.807, 2.05) is 74.8 Å². The molecule has 2 aromatic carbocycles. The fraction of sp³-hybridized carbons (Fsp3) is 0.250. The molecule has 0 aliphatic carbocycles. The lowest BCUT2D eigenvalue weighted by atomic mass is 10.0. The fourth-order valence-corrected chi connectivity index (χ4v) is 7.05. The van der Waals surface area contributed by atoms with Crippen molar-refractivity contribution < 1.29 is 24.2 Å². The predicted molar refractivity (Wildman–Crippen MR) is 166 cm³/mol. The molecule has 1 unspecified atom stereocenters. The molecule has 222 valence electrons. The summed E-state index contributed by atoms with van der Waals surface area (Å²) < 4.78 is 6.14. The number of carbonyl (C=O) groups is 3. The Hall–Kier alpha value is -4.08. The summed E-state index contributed by atoms with van der Waals surface area (Å²) in [6, 6.07) is 17.4. The Kier molecular flexibility index (Phi) is 9.22. The van der Waals surface area contributed by atoms with E-state index in [-0.39, 0.29) is 16.8 Å². The average Bonchev–Trinajstić information content (AvgIpc) is 3.53. The van der Waals surface area contributed by atoms with Gasteiger partial charge in [-0.05, 0) is 16.3 Å². The van der Waals surface area contributed by atoms with Crippen molar-refractivity contribution in [2.75, 3.05) is 30.1 Å². The highest BCUT2D eigenvalue weighted by atomic mass is 79.9. The van der Waals surface area contributed by atoms with Crippen LogP contribution in [0.4, 0.5) is 5.13 Å². The summed E-state index contributed by atoms with van der Waals surface area (Å²) in [6.45, 7) is 0. The van der Waals surface area contributed by atoms with Crippen LogP contribution in [0.2, 0.25) is 0 Å². The normalized spacial score (nSPS) is 18.4. The predicted octanol–water partition coefficient (Wildman–Crippen LogP) is 3.98. The van der Waals surface area contributed by atoms with E-state index in [1.165, 1.54) is 28.0 Å². The van der Waals surface area contributed by atoms with Gasteiger partial charge in [0.25, 0.3) is 11.8 Å². The summed E-state index contributed by atoms with van der Waals surface area (Å²) in [5.41, 5.74) is 1.22. The maximum absolute atomic E-state index is 14.1. The number of carbonyl (C=O) groups excluding carboxylic acids is 3. The maximum atomic E-state index is 14.1. The number of fused-ring (bicyclic) bond motifs is 1. The molecule has 2 aliphatic rings. The van der Waals surface area contributed by atoms with Gasteiger partial charge in [0.1, 0.15) is 27.9 Å². The first-order chi connectivity index (χ1) is 20.7. The minimum Gasteiger partial charge on any atom is -0.509 e. The highest BCUT2D eigenvalue weighted by Gasteiger charge is 2.55. The first kappa shape index (κ1) is 30.4. The third-order valence-corrected chi connectivity index (χ3v) is 9.60. The van der Waals surface area contributed by atoms with Crippen LogP contribution in [0.1, 0.15) is 22.2 Å². The number of rotatable bonds is 10. The minimum absolute atomic E-state index is 0.00477. The molecule has 1 aromatic heterocycles. The van der Waals surface area contributed by atoms with Gasteiger partial charge in [-0.3, -0.25) is 14.5 Å². The zero-order valence-corrected chi connectivity index (χ0v) is 26.1. The SMILES string of the molecule is CN(C)c1nnc(C2=C(C(=O)OC(c3ccccc3)c3ccccc3)N3C(=O)C(NC(=O)C(N=O)=C(O)CBr)[C@@H]3SC2)s1. The molecule has 0 spiro atoms. The number of ether oxygens (including phenoxy) is 1. The molecule has 2 N–H and O–H groups in total. The highest BCUT2D eigenvalue weighted by Crippen LogP contribution is 2.45. The van der Waals surface area contributed by atoms with E-state index in [4.69, 9.17) is 4.74 Å². The van der Waals surface area contributed by atoms with Crippen molar-refractivity contribution in [1.82, 2.24) is 20.4 Å². The van der Waals surface area contributed by atoms with Crippen molar-refractivity contribution in [3.05, 3.63) is 98.9 Å². The summed E-state index contributed by atoms with van der Waals surface area (Å²) in [5.74, 6) is -2.65. The van der Waals surface area contributed by atoms with E-state index < -0.39 is 46.8 Å². The van der Waals surface area contributed by atoms with Crippen molar-refractivity contribution >= 4 is 67.5 Å². The second-order valence-corrected chi connectivity index (χ2v) is 12.2. The van der Waals surface area contributed by atoms with E-state index in [2.05, 4.69) is 36.6 Å². The maximum Gasteiger partial charge on any atom is 0.356 e. The number of amides is 2. The largest absolute Gasteiger partial charge is 0.509 e. The Balaban J connectivity index is 1.51. The van der Waals surface area contributed by atoms with Gasteiger partial charge in [0.15, 0.2) is 6.10 Å². The van der Waals surface area contributed by atoms with Gasteiger partial charge in [0.2, 0.25) is 10.8 Å². The second-order valence-electron chi connectivity index (χ2n) is 9.60. The second kappa shape index (κ2) is 13.1. The number of nitrogens with one attached hydrogen (secondary N) is 1. The lowest BCUT2D eigenvalue weighted by Gasteiger charge is -2.49. The Bertz CT molecular complexity index is 1570. The molecule has 2 atom stereocenters. The smallest absolute Gasteiger partial charge is 0.356 e. The van der Waals surface area contributed by atoms with Gasteiger partial charge in [-0.2, -0.15) is 0 Å². The van der Waals surface area contributed by atoms with Crippen LogP contribution in [-0.4, -0.2) is 74.6 Å². The molecular formula is C28H25BrN6O6S2. The molecule has 1 fully saturated rings. The van der Waals surface area contributed by atoms with E-state index in [0.29, 0.717) is 15.7 Å². The molecule has 15 heteroatoms. The molecule has 1 saturated heterocycles. The summed E-state index contributed by atoms with van der Waals surface area (Å²) >= 11 is 5.54. The number of nitroso groups, excluding NO2 is 1. The first-order valence-corrected chi connectivity index (χ1v) is 15.9. The number of hydrogen-bond donors (Lipinski definition) is 2. The van der Waals surface area contributed by atoms with Crippen LogP contribution < -0.4 is 10.2 Å². The van der Waals surface area contributed by atoms with Gasteiger partial charge in [0.05, 0.1) is 5.33 Å². The average molecular weight is 686 g/mol. The Morgan fingerprint density at radius 2 is 1.77 bits per heavy atom. The van der Waals surface area contributed by atoms with Crippen LogP contribution in [-0.2, 0) is 19.1 Å². The molecule has 2 amide bonds. The van der Waals surface area contributed by atoms with Crippen LogP contribution in [0.15, 0.2) is 83.0 Å². The number of aromatic nitrogens is 2. The number of anilines is 1. The molecular weight excluding hydrogens is 660 g/mol. The van der Waals surface area contributed by atoms with E-state index in [9.17, 15) is 24.4 Å².